The highest BCUT2D eigenvalue weighted by molar-refractivity contribution is 7.47. The van der Waals surface area contributed by atoms with Crippen molar-refractivity contribution in [2.24, 2.45) is 5.73 Å². The third-order valence-electron chi connectivity index (χ3n) is 9.92. The summed E-state index contributed by atoms with van der Waals surface area (Å²) in [6.45, 7) is 3.97. The first-order valence-corrected chi connectivity index (χ1v) is 23.4. The first-order chi connectivity index (χ1) is 25.3. The van der Waals surface area contributed by atoms with Crippen LogP contribution in [0.5, 0.6) is 0 Å². The molecule has 0 aliphatic carbocycles. The van der Waals surface area contributed by atoms with Crippen LogP contribution in [-0.2, 0) is 18.4 Å². The maximum atomic E-state index is 12.8. The van der Waals surface area contributed by atoms with Gasteiger partial charge in [0.2, 0.25) is 5.91 Å². The van der Waals surface area contributed by atoms with Crippen molar-refractivity contribution in [2.75, 3.05) is 19.8 Å². The molecular weight excluding hydrogens is 675 g/mol. The second kappa shape index (κ2) is 38.5. The van der Waals surface area contributed by atoms with Gasteiger partial charge in [-0.3, -0.25) is 13.8 Å². The van der Waals surface area contributed by atoms with E-state index >= 15 is 0 Å². The summed E-state index contributed by atoms with van der Waals surface area (Å²) < 4.78 is 22.1. The van der Waals surface area contributed by atoms with Crippen LogP contribution < -0.4 is 11.1 Å². The molecule has 52 heavy (non-hydrogen) atoms. The molecule has 0 bridgehead atoms. The molecule has 0 aromatic rings. The van der Waals surface area contributed by atoms with Crippen LogP contribution in [0.2, 0.25) is 0 Å². The fourth-order valence-electron chi connectivity index (χ4n) is 6.59. The van der Waals surface area contributed by atoms with Gasteiger partial charge in [-0.2, -0.15) is 0 Å². The van der Waals surface area contributed by atoms with Gasteiger partial charge < -0.3 is 26.2 Å². The molecule has 4 atom stereocenters. The molecule has 0 saturated heterocycles. The van der Waals surface area contributed by atoms with Crippen molar-refractivity contribution >= 4 is 13.7 Å². The number of carbonyl (C=O) groups excluding carboxylic acids is 1. The number of carbonyl (C=O) groups is 1. The highest BCUT2D eigenvalue weighted by Gasteiger charge is 2.27. The van der Waals surface area contributed by atoms with Crippen molar-refractivity contribution in [1.82, 2.24) is 5.32 Å². The Morgan fingerprint density at radius 1 is 0.654 bits per heavy atom. The molecule has 0 aromatic heterocycles. The van der Waals surface area contributed by atoms with Crippen molar-refractivity contribution in [3.05, 3.63) is 12.2 Å². The maximum Gasteiger partial charge on any atom is 0.472 e. The molecule has 0 heterocycles. The number of rotatable bonds is 41. The zero-order valence-electron chi connectivity index (χ0n) is 33.9. The number of phosphoric acid groups is 1. The first-order valence-electron chi connectivity index (χ1n) is 21.9. The number of phosphoric ester groups is 1. The Morgan fingerprint density at radius 3 is 1.48 bits per heavy atom. The molecule has 0 aliphatic rings. The summed E-state index contributed by atoms with van der Waals surface area (Å²) in [5.41, 5.74) is 5.36. The zero-order valence-corrected chi connectivity index (χ0v) is 34.8. The van der Waals surface area contributed by atoms with Crippen LogP contribution in [0.1, 0.15) is 213 Å². The topological polar surface area (TPSA) is 151 Å². The average Bonchev–Trinajstić information content (AvgIpc) is 3.12. The summed E-state index contributed by atoms with van der Waals surface area (Å²) in [6.07, 6.45) is 38.7. The molecule has 6 N–H and O–H groups in total. The van der Waals surface area contributed by atoms with E-state index in [2.05, 4.69) is 19.2 Å². The molecule has 0 spiro atoms. The molecule has 0 fully saturated rings. The normalized spacial score (nSPS) is 14.8. The Bertz CT molecular complexity index is 847. The van der Waals surface area contributed by atoms with Crippen LogP contribution in [0.4, 0.5) is 0 Å². The van der Waals surface area contributed by atoms with Gasteiger partial charge in [0.05, 0.1) is 37.9 Å². The number of amides is 1. The molecule has 0 saturated carbocycles. The standard InChI is InChI=1S/C42H85N2O7P/c1-3-5-7-9-11-13-15-16-17-18-19-20-21-22-23-24-26-28-30-32-34-41(46)40(38-51-52(48,49)50-36-35-43)44-42(47)37-39(45)33-31-29-27-25-14-12-10-8-6-4-2/h32,34,39-41,45-46H,3-31,33,35-38,43H2,1-2H3,(H,44,47)(H,48,49)/b34-32+. The summed E-state index contributed by atoms with van der Waals surface area (Å²) >= 11 is 0. The molecule has 310 valence electrons. The van der Waals surface area contributed by atoms with E-state index in [0.29, 0.717) is 6.42 Å². The van der Waals surface area contributed by atoms with Crippen LogP contribution in [0.25, 0.3) is 0 Å². The maximum absolute atomic E-state index is 12.8. The van der Waals surface area contributed by atoms with Gasteiger partial charge in [-0.1, -0.05) is 199 Å². The second-order valence-electron chi connectivity index (χ2n) is 15.1. The molecule has 0 radical (unpaired) electrons. The predicted octanol–water partition coefficient (Wildman–Crippen LogP) is 11.0. The highest BCUT2D eigenvalue weighted by Crippen LogP contribution is 2.43. The number of aliphatic hydroxyl groups is 2. The SMILES string of the molecule is CCCCCCCCCCCCCCCCCCCC/C=C/C(O)C(COP(=O)(O)OCCN)NC(=O)CC(O)CCCCCCCCCCCC. The van der Waals surface area contributed by atoms with Crippen molar-refractivity contribution in [3.8, 4) is 0 Å². The second-order valence-corrected chi connectivity index (χ2v) is 16.6. The Morgan fingerprint density at radius 2 is 1.06 bits per heavy atom. The van der Waals surface area contributed by atoms with Crippen molar-refractivity contribution in [1.29, 1.82) is 0 Å². The van der Waals surface area contributed by atoms with Crippen LogP contribution in [0, 0.1) is 0 Å². The van der Waals surface area contributed by atoms with Gasteiger partial charge in [0.1, 0.15) is 0 Å². The smallest absolute Gasteiger partial charge is 0.393 e. The van der Waals surface area contributed by atoms with E-state index < -0.39 is 38.6 Å². The number of unbranched alkanes of at least 4 members (excludes halogenated alkanes) is 27. The van der Waals surface area contributed by atoms with Gasteiger partial charge in [0, 0.05) is 6.54 Å². The Balaban J connectivity index is 4.27. The lowest BCUT2D eigenvalue weighted by Gasteiger charge is -2.24. The van der Waals surface area contributed by atoms with Crippen molar-refractivity contribution in [3.63, 3.8) is 0 Å². The number of allylic oxidation sites excluding steroid dienone is 1. The van der Waals surface area contributed by atoms with Crippen LogP contribution in [0.15, 0.2) is 12.2 Å². The molecular formula is C42H85N2O7P. The molecule has 10 heteroatoms. The molecule has 9 nitrogen and oxygen atoms in total. The summed E-state index contributed by atoms with van der Waals surface area (Å²) in [6, 6.07) is -0.976. The summed E-state index contributed by atoms with van der Waals surface area (Å²) in [7, 11) is -4.39. The minimum absolute atomic E-state index is 0.0514. The quantitative estimate of drug-likeness (QED) is 0.0235. The van der Waals surface area contributed by atoms with E-state index in [1.54, 1.807) is 6.08 Å². The first kappa shape index (κ1) is 51.2. The van der Waals surface area contributed by atoms with Crippen molar-refractivity contribution < 1.29 is 33.5 Å². The molecule has 0 aliphatic heterocycles. The van der Waals surface area contributed by atoms with E-state index in [-0.39, 0.29) is 19.6 Å². The summed E-state index contributed by atoms with van der Waals surface area (Å²) in [4.78, 5) is 22.7. The van der Waals surface area contributed by atoms with Crippen molar-refractivity contribution in [2.45, 2.75) is 231 Å². The lowest BCUT2D eigenvalue weighted by atomic mass is 10.0. The minimum atomic E-state index is -4.39. The largest absolute Gasteiger partial charge is 0.472 e. The number of hydrogen-bond acceptors (Lipinski definition) is 7. The lowest BCUT2D eigenvalue weighted by Crippen LogP contribution is -2.46. The number of hydrogen-bond donors (Lipinski definition) is 5. The summed E-state index contributed by atoms with van der Waals surface area (Å²) in [5.74, 6) is -0.445. The average molecular weight is 761 g/mol. The monoisotopic (exact) mass is 761 g/mol. The van der Waals surface area contributed by atoms with Gasteiger partial charge in [-0.25, -0.2) is 4.57 Å². The Kier molecular flexibility index (Phi) is 37.9. The Labute approximate surface area is 320 Å². The highest BCUT2D eigenvalue weighted by atomic mass is 31.2. The predicted molar refractivity (Wildman–Crippen MR) is 218 cm³/mol. The van der Waals surface area contributed by atoms with Gasteiger partial charge in [-0.15, -0.1) is 0 Å². The van der Waals surface area contributed by atoms with E-state index in [1.807, 2.05) is 6.08 Å². The molecule has 0 aromatic carbocycles. The fourth-order valence-corrected chi connectivity index (χ4v) is 7.35. The van der Waals surface area contributed by atoms with Crippen LogP contribution in [0.3, 0.4) is 0 Å². The van der Waals surface area contributed by atoms with Crippen LogP contribution >= 0.6 is 7.82 Å². The number of nitrogens with one attached hydrogen (secondary N) is 1. The number of aliphatic hydroxyl groups excluding tert-OH is 2. The van der Waals surface area contributed by atoms with Gasteiger partial charge in [0.25, 0.3) is 0 Å². The third kappa shape index (κ3) is 36.2. The van der Waals surface area contributed by atoms with Crippen LogP contribution in [-0.4, -0.2) is 59.0 Å². The van der Waals surface area contributed by atoms with Gasteiger partial charge in [0.15, 0.2) is 0 Å². The third-order valence-corrected chi connectivity index (χ3v) is 10.9. The van der Waals surface area contributed by atoms with Gasteiger partial charge in [-0.05, 0) is 19.3 Å². The number of nitrogens with two attached hydrogens (primary N) is 1. The molecule has 4 unspecified atom stereocenters. The van der Waals surface area contributed by atoms with E-state index in [1.165, 1.54) is 148 Å². The Hall–Kier alpha value is -0.800. The fraction of sp³-hybridized carbons (Fsp3) is 0.929. The van der Waals surface area contributed by atoms with Gasteiger partial charge >= 0.3 is 7.82 Å². The summed E-state index contributed by atoms with van der Waals surface area (Å²) in [5, 5.41) is 24.0. The van der Waals surface area contributed by atoms with E-state index in [4.69, 9.17) is 14.8 Å². The molecule has 0 rings (SSSR count). The van der Waals surface area contributed by atoms with E-state index in [9.17, 15) is 24.5 Å². The minimum Gasteiger partial charge on any atom is -0.393 e. The lowest BCUT2D eigenvalue weighted by molar-refractivity contribution is -0.124. The van der Waals surface area contributed by atoms with E-state index in [0.717, 1.165) is 38.5 Å². The zero-order chi connectivity index (χ0) is 38.4. The molecule has 1 amide bonds.